The zero-order valence-corrected chi connectivity index (χ0v) is 11.8. The Morgan fingerprint density at radius 2 is 2.29 bits per heavy atom. The monoisotopic (exact) mass is 254 g/mol. The van der Waals surface area contributed by atoms with Crippen LogP contribution in [0.1, 0.15) is 45.0 Å². The smallest absolute Gasteiger partial charge is 0.141 e. The number of rotatable bonds is 6. The van der Waals surface area contributed by atoms with Gasteiger partial charge in [-0.15, -0.1) is 0 Å². The number of hydrogen-bond donors (Lipinski definition) is 1. The second-order valence-corrected chi connectivity index (χ2v) is 6.33. The van der Waals surface area contributed by atoms with E-state index in [1.165, 1.54) is 19.3 Å². The first-order chi connectivity index (χ1) is 8.17. The molecule has 1 saturated carbocycles. The molecule has 96 valence electrons. The van der Waals surface area contributed by atoms with Crippen LogP contribution in [0.25, 0.3) is 0 Å². The van der Waals surface area contributed by atoms with E-state index in [1.54, 1.807) is 6.33 Å². The summed E-state index contributed by atoms with van der Waals surface area (Å²) < 4.78 is 2.47. The molecule has 1 fully saturated rings. The van der Waals surface area contributed by atoms with Gasteiger partial charge in [-0.1, -0.05) is 6.42 Å². The van der Waals surface area contributed by atoms with Crippen molar-refractivity contribution in [3.63, 3.8) is 0 Å². The second kappa shape index (κ2) is 5.40. The first kappa shape index (κ1) is 12.9. The minimum atomic E-state index is 0.382. The first-order valence-corrected chi connectivity index (χ1v) is 7.53. The summed E-state index contributed by atoms with van der Waals surface area (Å²) in [5.74, 6) is 1.04. The van der Waals surface area contributed by atoms with Gasteiger partial charge in [-0.25, -0.2) is 9.67 Å². The van der Waals surface area contributed by atoms with Gasteiger partial charge < -0.3 is 5.32 Å². The minimum Gasteiger partial charge on any atom is -0.308 e. The summed E-state index contributed by atoms with van der Waals surface area (Å²) >= 11 is 2.00. The lowest BCUT2D eigenvalue weighted by Crippen LogP contribution is -2.43. The molecule has 0 atom stereocenters. The third kappa shape index (κ3) is 2.83. The van der Waals surface area contributed by atoms with E-state index in [1.807, 2.05) is 16.4 Å². The van der Waals surface area contributed by atoms with Crippen LogP contribution in [-0.2, 0) is 6.54 Å². The zero-order valence-electron chi connectivity index (χ0n) is 10.9. The summed E-state index contributed by atoms with van der Waals surface area (Å²) in [5, 5.41) is 7.78. The molecule has 17 heavy (non-hydrogen) atoms. The van der Waals surface area contributed by atoms with Crippen LogP contribution in [0, 0.1) is 0 Å². The molecule has 1 aliphatic carbocycles. The Balaban J connectivity index is 1.83. The number of aromatic nitrogens is 3. The molecule has 0 aromatic carbocycles. The van der Waals surface area contributed by atoms with E-state index >= 15 is 0 Å². The first-order valence-electron chi connectivity index (χ1n) is 6.31. The molecular formula is C12H22N4S. The molecule has 4 nitrogen and oxygen atoms in total. The van der Waals surface area contributed by atoms with E-state index < -0.39 is 0 Å². The van der Waals surface area contributed by atoms with Crippen molar-refractivity contribution in [2.24, 2.45) is 0 Å². The van der Waals surface area contributed by atoms with Gasteiger partial charge in [0.2, 0.25) is 0 Å². The molecule has 0 amide bonds. The van der Waals surface area contributed by atoms with Gasteiger partial charge in [0, 0.05) is 17.3 Å². The molecule has 1 aromatic rings. The number of thioether (sulfide) groups is 1. The van der Waals surface area contributed by atoms with Crippen LogP contribution < -0.4 is 5.32 Å². The third-order valence-corrected chi connectivity index (χ3v) is 4.98. The van der Waals surface area contributed by atoms with Gasteiger partial charge in [0.25, 0.3) is 0 Å². The van der Waals surface area contributed by atoms with Gasteiger partial charge in [0.15, 0.2) is 0 Å². The summed E-state index contributed by atoms with van der Waals surface area (Å²) in [5.41, 5.74) is 0. The standard InChI is InChI=1S/C12H22N4S/c1-10(2)16-11(14-9-15-16)7-13-8-12(17-3)5-4-6-12/h9-10,13H,4-8H2,1-3H3. The van der Waals surface area contributed by atoms with Crippen LogP contribution >= 0.6 is 11.8 Å². The molecule has 0 unspecified atom stereocenters. The molecular weight excluding hydrogens is 232 g/mol. The van der Waals surface area contributed by atoms with E-state index in [9.17, 15) is 0 Å². The zero-order chi connectivity index (χ0) is 12.3. The van der Waals surface area contributed by atoms with Crippen molar-refractivity contribution in [3.05, 3.63) is 12.2 Å². The Hall–Kier alpha value is -0.550. The Morgan fingerprint density at radius 3 is 2.82 bits per heavy atom. The van der Waals surface area contributed by atoms with Crippen molar-refractivity contribution in [1.82, 2.24) is 20.1 Å². The molecule has 1 aromatic heterocycles. The average molecular weight is 254 g/mol. The molecule has 0 radical (unpaired) electrons. The summed E-state index contributed by atoms with van der Waals surface area (Å²) in [7, 11) is 0. The maximum absolute atomic E-state index is 4.31. The van der Waals surface area contributed by atoms with Gasteiger partial charge in [-0.2, -0.15) is 16.9 Å². The third-order valence-electron chi connectivity index (χ3n) is 3.56. The van der Waals surface area contributed by atoms with Crippen molar-refractivity contribution >= 4 is 11.8 Å². The van der Waals surface area contributed by atoms with E-state index in [4.69, 9.17) is 0 Å². The molecule has 0 saturated heterocycles. The van der Waals surface area contributed by atoms with E-state index in [0.717, 1.165) is 18.9 Å². The molecule has 0 spiro atoms. The topological polar surface area (TPSA) is 42.7 Å². The molecule has 5 heteroatoms. The Kier molecular flexibility index (Phi) is 4.09. The quantitative estimate of drug-likeness (QED) is 0.845. The highest BCUT2D eigenvalue weighted by Crippen LogP contribution is 2.42. The van der Waals surface area contributed by atoms with Gasteiger partial charge in [0.05, 0.1) is 6.54 Å². The molecule has 2 rings (SSSR count). The summed E-state index contributed by atoms with van der Waals surface area (Å²) in [6.07, 6.45) is 7.93. The van der Waals surface area contributed by atoms with Crippen molar-refractivity contribution in [2.45, 2.75) is 50.4 Å². The van der Waals surface area contributed by atoms with Crippen molar-refractivity contribution in [2.75, 3.05) is 12.8 Å². The molecule has 1 N–H and O–H groups in total. The van der Waals surface area contributed by atoms with Crippen LogP contribution in [0.5, 0.6) is 0 Å². The molecule has 0 aliphatic heterocycles. The van der Waals surface area contributed by atoms with Crippen molar-refractivity contribution in [3.8, 4) is 0 Å². The highest BCUT2D eigenvalue weighted by atomic mass is 32.2. The maximum atomic E-state index is 4.31. The summed E-state index contributed by atoms with van der Waals surface area (Å²) in [6.45, 7) is 6.17. The van der Waals surface area contributed by atoms with Crippen LogP contribution in [-0.4, -0.2) is 32.3 Å². The second-order valence-electron chi connectivity index (χ2n) is 5.06. The minimum absolute atomic E-state index is 0.382. The van der Waals surface area contributed by atoms with E-state index in [-0.39, 0.29) is 0 Å². The number of nitrogens with one attached hydrogen (secondary N) is 1. The summed E-state index contributed by atoms with van der Waals surface area (Å²) in [6, 6.07) is 0.382. The highest BCUT2D eigenvalue weighted by Gasteiger charge is 2.35. The lowest BCUT2D eigenvalue weighted by Gasteiger charge is -2.40. The molecule has 1 aliphatic rings. The molecule has 1 heterocycles. The maximum Gasteiger partial charge on any atom is 0.141 e. The van der Waals surface area contributed by atoms with Crippen LogP contribution in [0.15, 0.2) is 6.33 Å². The fourth-order valence-corrected chi connectivity index (χ4v) is 3.20. The fraction of sp³-hybridized carbons (Fsp3) is 0.833. The summed E-state index contributed by atoms with van der Waals surface area (Å²) in [4.78, 5) is 4.31. The normalized spacial score (nSPS) is 18.4. The average Bonchev–Trinajstić information content (AvgIpc) is 2.70. The Morgan fingerprint density at radius 1 is 1.53 bits per heavy atom. The molecule has 0 bridgehead atoms. The van der Waals surface area contributed by atoms with Gasteiger partial charge in [-0.3, -0.25) is 0 Å². The highest BCUT2D eigenvalue weighted by molar-refractivity contribution is 8.00. The van der Waals surface area contributed by atoms with Crippen LogP contribution in [0.3, 0.4) is 0 Å². The van der Waals surface area contributed by atoms with Gasteiger partial charge in [0.1, 0.15) is 12.2 Å². The predicted molar refractivity (Wildman–Crippen MR) is 72.2 cm³/mol. The van der Waals surface area contributed by atoms with Crippen LogP contribution in [0.2, 0.25) is 0 Å². The fourth-order valence-electron chi connectivity index (χ4n) is 2.26. The Labute approximate surface area is 108 Å². The van der Waals surface area contributed by atoms with Crippen molar-refractivity contribution in [1.29, 1.82) is 0 Å². The SMILES string of the molecule is CSC1(CNCc2ncnn2C(C)C)CCC1. The van der Waals surface area contributed by atoms with Crippen LogP contribution in [0.4, 0.5) is 0 Å². The van der Waals surface area contributed by atoms with E-state index in [2.05, 4.69) is 35.5 Å². The number of hydrogen-bond acceptors (Lipinski definition) is 4. The van der Waals surface area contributed by atoms with Crippen molar-refractivity contribution < 1.29 is 0 Å². The van der Waals surface area contributed by atoms with Gasteiger partial charge in [-0.05, 0) is 32.9 Å². The largest absolute Gasteiger partial charge is 0.308 e. The number of nitrogens with zero attached hydrogens (tertiary/aromatic N) is 3. The predicted octanol–water partition coefficient (Wildman–Crippen LogP) is 2.23. The Bertz CT molecular complexity index is 352. The van der Waals surface area contributed by atoms with E-state index in [0.29, 0.717) is 10.8 Å². The lowest BCUT2D eigenvalue weighted by molar-refractivity contribution is 0.342. The van der Waals surface area contributed by atoms with Gasteiger partial charge >= 0.3 is 0 Å². The lowest BCUT2D eigenvalue weighted by atomic mass is 9.84.